The molecule has 0 saturated heterocycles. The highest BCUT2D eigenvalue weighted by Gasteiger charge is 2.48. The third-order valence-corrected chi connectivity index (χ3v) is 4.08. The number of anilines is 1. The summed E-state index contributed by atoms with van der Waals surface area (Å²) in [6.07, 6.45) is 0.396. The van der Waals surface area contributed by atoms with E-state index in [1.165, 1.54) is 0 Å². The number of hydrogen-bond donors (Lipinski definition) is 2. The second-order valence-corrected chi connectivity index (χ2v) is 6.05. The maximum Gasteiger partial charge on any atom is 0.307 e. The Hall–Kier alpha value is -2.82. The molecule has 1 fully saturated rings. The van der Waals surface area contributed by atoms with E-state index in [4.69, 9.17) is 9.84 Å². The van der Waals surface area contributed by atoms with E-state index in [2.05, 4.69) is 5.32 Å². The molecular formula is C19H19NO4. The van der Waals surface area contributed by atoms with Crippen molar-refractivity contribution in [1.29, 1.82) is 0 Å². The van der Waals surface area contributed by atoms with E-state index in [-0.39, 0.29) is 5.91 Å². The van der Waals surface area contributed by atoms with Gasteiger partial charge in [-0.3, -0.25) is 9.59 Å². The average molecular weight is 325 g/mol. The Kier molecular flexibility index (Phi) is 4.51. The molecular weight excluding hydrogens is 306 g/mol. The van der Waals surface area contributed by atoms with Crippen LogP contribution in [0.1, 0.15) is 17.5 Å². The molecule has 1 aliphatic carbocycles. The van der Waals surface area contributed by atoms with Gasteiger partial charge in [0.1, 0.15) is 12.4 Å². The summed E-state index contributed by atoms with van der Waals surface area (Å²) in [7, 11) is 0. The molecule has 0 radical (unpaired) electrons. The van der Waals surface area contributed by atoms with Crippen LogP contribution in [-0.2, 0) is 16.2 Å². The number of aryl methyl sites for hydroxylation is 1. The molecule has 1 amide bonds. The summed E-state index contributed by atoms with van der Waals surface area (Å²) in [4.78, 5) is 23.1. The Balaban J connectivity index is 1.69. The van der Waals surface area contributed by atoms with Crippen molar-refractivity contribution >= 4 is 17.6 Å². The van der Waals surface area contributed by atoms with Crippen molar-refractivity contribution in [1.82, 2.24) is 0 Å². The second kappa shape index (κ2) is 6.74. The quantitative estimate of drug-likeness (QED) is 0.855. The summed E-state index contributed by atoms with van der Waals surface area (Å²) in [6, 6.07) is 15.3. The monoisotopic (exact) mass is 325 g/mol. The maximum absolute atomic E-state index is 12.2. The Morgan fingerprint density at radius 2 is 1.92 bits per heavy atom. The van der Waals surface area contributed by atoms with Crippen molar-refractivity contribution in [2.24, 2.45) is 11.8 Å². The first kappa shape index (κ1) is 16.1. The largest absolute Gasteiger partial charge is 0.487 e. The molecule has 2 unspecified atom stereocenters. The molecule has 0 heterocycles. The summed E-state index contributed by atoms with van der Waals surface area (Å²) >= 11 is 0. The Morgan fingerprint density at radius 3 is 2.58 bits per heavy atom. The molecule has 2 N–H and O–H groups in total. The molecule has 124 valence electrons. The van der Waals surface area contributed by atoms with Crippen molar-refractivity contribution in [3.8, 4) is 5.75 Å². The van der Waals surface area contributed by atoms with Crippen molar-refractivity contribution < 1.29 is 19.4 Å². The lowest BCUT2D eigenvalue weighted by Crippen LogP contribution is -2.17. The number of carbonyl (C=O) groups is 2. The number of carbonyl (C=O) groups excluding carboxylic acids is 1. The number of rotatable bonds is 6. The van der Waals surface area contributed by atoms with E-state index >= 15 is 0 Å². The van der Waals surface area contributed by atoms with Gasteiger partial charge < -0.3 is 15.2 Å². The average Bonchev–Trinajstić information content (AvgIpc) is 3.37. The summed E-state index contributed by atoms with van der Waals surface area (Å²) in [5, 5.41) is 11.7. The van der Waals surface area contributed by atoms with Gasteiger partial charge in [0.05, 0.1) is 17.5 Å². The fourth-order valence-corrected chi connectivity index (χ4v) is 2.57. The van der Waals surface area contributed by atoms with Gasteiger partial charge in [-0.2, -0.15) is 0 Å². The first-order valence-corrected chi connectivity index (χ1v) is 7.85. The lowest BCUT2D eigenvalue weighted by Gasteiger charge is -2.13. The highest BCUT2D eigenvalue weighted by molar-refractivity contribution is 5.99. The zero-order chi connectivity index (χ0) is 17.1. The fourth-order valence-electron chi connectivity index (χ4n) is 2.57. The van der Waals surface area contributed by atoms with Gasteiger partial charge in [0.15, 0.2) is 0 Å². The van der Waals surface area contributed by atoms with Gasteiger partial charge in [-0.1, -0.05) is 36.4 Å². The SMILES string of the molecule is Cc1ccc(NC(=O)C2CC2C(=O)O)c(OCc2ccccc2)c1. The molecule has 2 aromatic carbocycles. The highest BCUT2D eigenvalue weighted by atomic mass is 16.5. The van der Waals surface area contributed by atoms with Crippen molar-refractivity contribution in [2.45, 2.75) is 20.0 Å². The number of aliphatic carboxylic acids is 1. The Labute approximate surface area is 140 Å². The van der Waals surface area contributed by atoms with E-state index in [9.17, 15) is 9.59 Å². The van der Waals surface area contributed by atoms with E-state index in [1.54, 1.807) is 6.07 Å². The Bertz CT molecular complexity index is 757. The van der Waals surface area contributed by atoms with E-state index in [0.29, 0.717) is 24.5 Å². The van der Waals surface area contributed by atoms with Crippen molar-refractivity contribution in [3.05, 3.63) is 59.7 Å². The zero-order valence-corrected chi connectivity index (χ0v) is 13.4. The minimum absolute atomic E-state index is 0.268. The third-order valence-electron chi connectivity index (χ3n) is 4.08. The van der Waals surface area contributed by atoms with E-state index in [1.807, 2.05) is 49.4 Å². The Morgan fingerprint density at radius 1 is 1.17 bits per heavy atom. The normalized spacial score (nSPS) is 18.7. The highest BCUT2D eigenvalue weighted by Crippen LogP contribution is 2.40. The minimum Gasteiger partial charge on any atom is -0.487 e. The predicted octanol–water partition coefficient (Wildman–Crippen LogP) is 3.23. The molecule has 2 aromatic rings. The van der Waals surface area contributed by atoms with Crippen molar-refractivity contribution in [3.63, 3.8) is 0 Å². The molecule has 3 rings (SSSR count). The van der Waals surface area contributed by atoms with Crippen LogP contribution in [0.4, 0.5) is 5.69 Å². The summed E-state index contributed by atoms with van der Waals surface area (Å²) < 4.78 is 5.85. The van der Waals surface area contributed by atoms with Crippen LogP contribution in [-0.4, -0.2) is 17.0 Å². The first-order chi connectivity index (χ1) is 11.5. The predicted molar refractivity (Wildman–Crippen MR) is 89.8 cm³/mol. The molecule has 2 atom stereocenters. The van der Waals surface area contributed by atoms with Gasteiger partial charge in [0.2, 0.25) is 5.91 Å². The first-order valence-electron chi connectivity index (χ1n) is 7.85. The molecule has 0 aromatic heterocycles. The standard InChI is InChI=1S/C19H19NO4/c1-12-7-8-16(20-18(21)14-10-15(14)19(22)23)17(9-12)24-11-13-5-3-2-4-6-13/h2-9,14-15H,10-11H2,1H3,(H,20,21)(H,22,23). The van der Waals surface area contributed by atoms with Gasteiger partial charge in [0, 0.05) is 0 Å². The number of nitrogens with one attached hydrogen (secondary N) is 1. The molecule has 1 saturated carbocycles. The molecule has 1 aliphatic rings. The van der Waals surface area contributed by atoms with Crippen LogP contribution in [0.3, 0.4) is 0 Å². The van der Waals surface area contributed by atoms with Crippen molar-refractivity contribution in [2.75, 3.05) is 5.32 Å². The number of ether oxygens (including phenoxy) is 1. The topological polar surface area (TPSA) is 75.6 Å². The summed E-state index contributed by atoms with van der Waals surface area (Å²) in [5.41, 5.74) is 2.62. The molecule has 5 nitrogen and oxygen atoms in total. The number of carboxylic acids is 1. The molecule has 0 spiro atoms. The van der Waals surface area contributed by atoms with Crippen LogP contribution in [0, 0.1) is 18.8 Å². The van der Waals surface area contributed by atoms with Gasteiger partial charge in [0.25, 0.3) is 0 Å². The minimum atomic E-state index is -0.917. The van der Waals surface area contributed by atoms with Crippen LogP contribution >= 0.6 is 0 Å². The van der Waals surface area contributed by atoms with Crippen LogP contribution < -0.4 is 10.1 Å². The summed E-state index contributed by atoms with van der Waals surface area (Å²) in [5.74, 6) is -1.62. The number of amides is 1. The van der Waals surface area contributed by atoms with Gasteiger partial charge in [-0.25, -0.2) is 0 Å². The van der Waals surface area contributed by atoms with Gasteiger partial charge >= 0.3 is 5.97 Å². The molecule has 0 aliphatic heterocycles. The number of carboxylic acid groups (broad SMARTS) is 1. The second-order valence-electron chi connectivity index (χ2n) is 6.05. The van der Waals surface area contributed by atoms with Gasteiger partial charge in [-0.05, 0) is 36.6 Å². The number of benzene rings is 2. The maximum atomic E-state index is 12.2. The van der Waals surface area contributed by atoms with E-state index in [0.717, 1.165) is 11.1 Å². The van der Waals surface area contributed by atoms with Crippen LogP contribution in [0.5, 0.6) is 5.75 Å². The smallest absolute Gasteiger partial charge is 0.307 e. The van der Waals surface area contributed by atoms with E-state index < -0.39 is 17.8 Å². The van der Waals surface area contributed by atoms with Gasteiger partial charge in [-0.15, -0.1) is 0 Å². The molecule has 5 heteroatoms. The lowest BCUT2D eigenvalue weighted by atomic mass is 10.2. The zero-order valence-electron chi connectivity index (χ0n) is 13.4. The molecule has 24 heavy (non-hydrogen) atoms. The summed E-state index contributed by atoms with van der Waals surface area (Å²) in [6.45, 7) is 2.34. The third kappa shape index (κ3) is 3.74. The molecule has 0 bridgehead atoms. The van der Waals surface area contributed by atoms with Crippen LogP contribution in [0.15, 0.2) is 48.5 Å². The lowest BCUT2D eigenvalue weighted by molar-refractivity contribution is -0.139. The van der Waals surface area contributed by atoms with Crippen LogP contribution in [0.25, 0.3) is 0 Å². The van der Waals surface area contributed by atoms with Crippen LogP contribution in [0.2, 0.25) is 0 Å². The number of hydrogen-bond acceptors (Lipinski definition) is 3. The fraction of sp³-hybridized carbons (Fsp3) is 0.263.